The molecule has 0 spiro atoms. The Hall–Kier alpha value is -3.38. The first-order valence-electron chi connectivity index (χ1n) is 10.7. The lowest BCUT2D eigenvalue weighted by atomic mass is 10.1. The summed E-state index contributed by atoms with van der Waals surface area (Å²) in [5.41, 5.74) is -1.62. The number of anilines is 2. The number of hydrogen-bond donors (Lipinski definition) is 2. The lowest BCUT2D eigenvalue weighted by Gasteiger charge is -2.40. The van der Waals surface area contributed by atoms with E-state index in [9.17, 15) is 22.8 Å². The number of urea groups is 1. The minimum Gasteiger partial charge on any atom is -0.364 e. The largest absolute Gasteiger partial charge is 0.421 e. The highest BCUT2D eigenvalue weighted by Crippen LogP contribution is 2.27. The van der Waals surface area contributed by atoms with Gasteiger partial charge >= 0.3 is 12.2 Å². The number of H-pyrrole nitrogens is 1. The van der Waals surface area contributed by atoms with Gasteiger partial charge in [0.1, 0.15) is 11.4 Å². The van der Waals surface area contributed by atoms with Gasteiger partial charge in [-0.1, -0.05) is 0 Å². The van der Waals surface area contributed by atoms with Gasteiger partial charge in [0.25, 0.3) is 5.56 Å². The summed E-state index contributed by atoms with van der Waals surface area (Å²) in [5.74, 6) is 0.564. The molecule has 4 rings (SSSR count). The van der Waals surface area contributed by atoms with Crippen LogP contribution in [0.25, 0.3) is 0 Å². The van der Waals surface area contributed by atoms with E-state index in [-0.39, 0.29) is 17.9 Å². The highest BCUT2D eigenvalue weighted by molar-refractivity contribution is 5.75. The number of aromatic amines is 1. The Morgan fingerprint density at radius 3 is 2.48 bits per heavy atom. The van der Waals surface area contributed by atoms with Gasteiger partial charge in [-0.15, -0.1) is 0 Å². The fraction of sp³-hybridized carbons (Fsp3) is 0.550. The number of piperidine rings is 1. The lowest BCUT2D eigenvalue weighted by Crippen LogP contribution is -2.56. The Kier molecular flexibility index (Phi) is 6.38. The van der Waals surface area contributed by atoms with Gasteiger partial charge in [0.15, 0.2) is 0 Å². The van der Waals surface area contributed by atoms with E-state index in [2.05, 4.69) is 20.4 Å². The number of aromatic nitrogens is 4. The number of carbonyl (C=O) groups excluding carboxylic acids is 1. The third-order valence-corrected chi connectivity index (χ3v) is 5.75. The molecule has 0 aliphatic carbocycles. The summed E-state index contributed by atoms with van der Waals surface area (Å²) >= 11 is 0. The van der Waals surface area contributed by atoms with Crippen molar-refractivity contribution >= 4 is 17.8 Å². The molecule has 2 aromatic rings. The first-order chi connectivity index (χ1) is 15.7. The zero-order valence-electron chi connectivity index (χ0n) is 18.1. The van der Waals surface area contributed by atoms with Crippen LogP contribution in [0.5, 0.6) is 0 Å². The van der Waals surface area contributed by atoms with Gasteiger partial charge in [0.05, 0.1) is 0 Å². The van der Waals surface area contributed by atoms with Crippen molar-refractivity contribution in [2.24, 2.45) is 0 Å². The Morgan fingerprint density at radius 2 is 1.82 bits per heavy atom. The van der Waals surface area contributed by atoms with Crippen molar-refractivity contribution in [1.82, 2.24) is 30.0 Å². The molecule has 13 heteroatoms. The molecule has 4 heterocycles. The standard InChI is InChI=1S/C20H25F3N8O2/c1-13-10-24-18(25-11-13)29-5-7-30(8-6-29)19(33)31-4-2-3-14(12-31)26-16-9-15(20(21,22)23)17(32)28-27-16/h9-11,14H,2-8,12H2,1H3,(H,26,27)(H,28,32)/t14-/m0/s1. The molecule has 0 saturated carbocycles. The van der Waals surface area contributed by atoms with Crippen LogP contribution >= 0.6 is 0 Å². The molecule has 0 aromatic carbocycles. The van der Waals surface area contributed by atoms with Crippen LogP contribution in [0, 0.1) is 6.92 Å². The minimum absolute atomic E-state index is 0.0760. The van der Waals surface area contributed by atoms with E-state index in [1.807, 2.05) is 16.9 Å². The van der Waals surface area contributed by atoms with Crippen LogP contribution in [0.4, 0.5) is 29.7 Å². The molecule has 2 N–H and O–H groups in total. The molecule has 2 amide bonds. The summed E-state index contributed by atoms with van der Waals surface area (Å²) in [4.78, 5) is 38.6. The molecule has 2 saturated heterocycles. The van der Waals surface area contributed by atoms with Crippen LogP contribution in [0.3, 0.4) is 0 Å². The second kappa shape index (κ2) is 9.24. The monoisotopic (exact) mass is 466 g/mol. The van der Waals surface area contributed by atoms with E-state index in [0.29, 0.717) is 64.1 Å². The predicted molar refractivity (Wildman–Crippen MR) is 114 cm³/mol. The smallest absolute Gasteiger partial charge is 0.364 e. The number of piperazine rings is 1. The zero-order chi connectivity index (χ0) is 23.6. The minimum atomic E-state index is -4.77. The third-order valence-electron chi connectivity index (χ3n) is 5.75. The molecule has 0 radical (unpaired) electrons. The lowest BCUT2D eigenvalue weighted by molar-refractivity contribution is -0.138. The second-order valence-corrected chi connectivity index (χ2v) is 8.24. The van der Waals surface area contributed by atoms with Crippen molar-refractivity contribution in [3.8, 4) is 0 Å². The van der Waals surface area contributed by atoms with Gasteiger partial charge < -0.3 is 20.0 Å². The molecule has 33 heavy (non-hydrogen) atoms. The van der Waals surface area contributed by atoms with Crippen molar-refractivity contribution in [3.63, 3.8) is 0 Å². The van der Waals surface area contributed by atoms with E-state index < -0.39 is 17.3 Å². The molecule has 2 aliphatic rings. The molecule has 2 aromatic heterocycles. The van der Waals surface area contributed by atoms with E-state index in [1.54, 1.807) is 22.2 Å². The van der Waals surface area contributed by atoms with Crippen LogP contribution in [-0.2, 0) is 6.18 Å². The Bertz CT molecular complexity index is 1030. The summed E-state index contributed by atoms with van der Waals surface area (Å²) in [6.07, 6.45) is 0.124. The van der Waals surface area contributed by atoms with Gasteiger partial charge in [-0.25, -0.2) is 19.9 Å². The number of carbonyl (C=O) groups is 1. The number of hydrogen-bond acceptors (Lipinski definition) is 7. The normalized spacial score (nSPS) is 19.5. The van der Waals surface area contributed by atoms with Crippen LogP contribution in [-0.4, -0.2) is 81.3 Å². The Morgan fingerprint density at radius 1 is 1.12 bits per heavy atom. The SMILES string of the molecule is Cc1cnc(N2CCN(C(=O)N3CCC[C@H](Nc4cc(C(F)(F)F)c(=O)[nH]n4)C3)CC2)nc1. The molecule has 0 unspecified atom stereocenters. The van der Waals surface area contributed by atoms with Crippen LogP contribution in [0.2, 0.25) is 0 Å². The summed E-state index contributed by atoms with van der Waals surface area (Å²) in [5, 5.41) is 8.47. The van der Waals surface area contributed by atoms with Gasteiger partial charge in [0, 0.05) is 63.8 Å². The summed E-state index contributed by atoms with van der Waals surface area (Å²) in [6.45, 7) is 5.12. The number of nitrogens with zero attached hydrogens (tertiary/aromatic N) is 6. The van der Waals surface area contributed by atoms with E-state index in [4.69, 9.17) is 0 Å². The maximum atomic E-state index is 13.0. The van der Waals surface area contributed by atoms with Crippen molar-refractivity contribution in [2.75, 3.05) is 49.5 Å². The number of rotatable bonds is 3. The molecule has 178 valence electrons. The third kappa shape index (κ3) is 5.34. The maximum absolute atomic E-state index is 13.0. The fourth-order valence-electron chi connectivity index (χ4n) is 4.01. The van der Waals surface area contributed by atoms with Crippen LogP contribution in [0.15, 0.2) is 23.3 Å². The second-order valence-electron chi connectivity index (χ2n) is 8.24. The van der Waals surface area contributed by atoms with Crippen molar-refractivity contribution in [1.29, 1.82) is 0 Å². The van der Waals surface area contributed by atoms with Crippen molar-refractivity contribution in [3.05, 3.63) is 39.9 Å². The highest BCUT2D eigenvalue weighted by atomic mass is 19.4. The Balaban J connectivity index is 1.34. The van der Waals surface area contributed by atoms with E-state index >= 15 is 0 Å². The van der Waals surface area contributed by atoms with Gasteiger partial charge in [0.2, 0.25) is 5.95 Å². The Labute approximate surface area is 187 Å². The first kappa shape index (κ1) is 22.8. The number of amides is 2. The van der Waals surface area contributed by atoms with Crippen molar-refractivity contribution in [2.45, 2.75) is 32.0 Å². The van der Waals surface area contributed by atoms with Gasteiger partial charge in [-0.3, -0.25) is 4.79 Å². The number of nitrogens with one attached hydrogen (secondary N) is 2. The quantitative estimate of drug-likeness (QED) is 0.709. The summed E-state index contributed by atoms with van der Waals surface area (Å²) in [6, 6.07) is 0.326. The van der Waals surface area contributed by atoms with Crippen LogP contribution < -0.4 is 15.8 Å². The summed E-state index contributed by atoms with van der Waals surface area (Å²) in [7, 11) is 0. The molecule has 1 atom stereocenters. The summed E-state index contributed by atoms with van der Waals surface area (Å²) < 4.78 is 39.0. The fourth-order valence-corrected chi connectivity index (χ4v) is 4.01. The van der Waals surface area contributed by atoms with Crippen molar-refractivity contribution < 1.29 is 18.0 Å². The molecule has 2 fully saturated rings. The molecule has 10 nitrogen and oxygen atoms in total. The van der Waals surface area contributed by atoms with Gasteiger partial charge in [-0.2, -0.15) is 18.3 Å². The topological polar surface area (TPSA) is 110 Å². The molecular formula is C20H25F3N8O2. The first-order valence-corrected chi connectivity index (χ1v) is 10.7. The van der Waals surface area contributed by atoms with Crippen LogP contribution in [0.1, 0.15) is 24.0 Å². The van der Waals surface area contributed by atoms with Gasteiger partial charge in [-0.05, 0) is 25.3 Å². The molecule has 0 bridgehead atoms. The molecule has 2 aliphatic heterocycles. The average molecular weight is 466 g/mol. The zero-order valence-corrected chi connectivity index (χ0v) is 18.1. The molecular weight excluding hydrogens is 441 g/mol. The average Bonchev–Trinajstić information content (AvgIpc) is 2.80. The number of aryl methyl sites for hydroxylation is 1. The van der Waals surface area contributed by atoms with E-state index in [1.165, 1.54) is 0 Å². The number of alkyl halides is 3. The highest BCUT2D eigenvalue weighted by Gasteiger charge is 2.35. The van der Waals surface area contributed by atoms with E-state index in [0.717, 1.165) is 5.56 Å². The predicted octanol–water partition coefficient (Wildman–Crippen LogP) is 1.71. The number of likely N-dealkylation sites (tertiary alicyclic amines) is 1. The maximum Gasteiger partial charge on any atom is 0.421 e. The number of halogens is 3.